The summed E-state index contributed by atoms with van der Waals surface area (Å²) < 4.78 is 13.1. The second-order valence-electron chi connectivity index (χ2n) is 5.38. The van der Waals surface area contributed by atoms with E-state index in [2.05, 4.69) is 17.4 Å². The lowest BCUT2D eigenvalue weighted by molar-refractivity contribution is 0.0595. The summed E-state index contributed by atoms with van der Waals surface area (Å²) in [4.78, 5) is 0. The van der Waals surface area contributed by atoms with Crippen LogP contribution in [0.25, 0.3) is 0 Å². The van der Waals surface area contributed by atoms with Crippen LogP contribution < -0.4 is 5.32 Å². The van der Waals surface area contributed by atoms with Crippen molar-refractivity contribution >= 4 is 0 Å². The Morgan fingerprint density at radius 2 is 1.55 bits per heavy atom. The van der Waals surface area contributed by atoms with E-state index in [0.717, 1.165) is 24.0 Å². The van der Waals surface area contributed by atoms with Gasteiger partial charge in [0.05, 0.1) is 12.1 Å². The molecular formula is C17H18FNO. The molecule has 2 nitrogen and oxygen atoms in total. The third kappa shape index (κ3) is 2.89. The van der Waals surface area contributed by atoms with Crippen LogP contribution in [0, 0.1) is 5.82 Å². The third-order valence-electron chi connectivity index (χ3n) is 3.85. The number of hydrogen-bond acceptors (Lipinski definition) is 2. The minimum Gasteiger partial charge on any atom is -0.393 e. The van der Waals surface area contributed by atoms with E-state index in [1.807, 2.05) is 30.3 Å². The molecule has 0 amide bonds. The van der Waals surface area contributed by atoms with Gasteiger partial charge in [0.1, 0.15) is 5.82 Å². The Labute approximate surface area is 118 Å². The van der Waals surface area contributed by atoms with Gasteiger partial charge in [-0.2, -0.15) is 0 Å². The van der Waals surface area contributed by atoms with E-state index in [4.69, 9.17) is 0 Å². The Bertz CT molecular complexity index is 549. The predicted molar refractivity (Wildman–Crippen MR) is 76.8 cm³/mol. The Hall–Kier alpha value is -1.71. The summed E-state index contributed by atoms with van der Waals surface area (Å²) in [6.45, 7) is 0. The molecule has 0 saturated heterocycles. The lowest BCUT2D eigenvalue weighted by Crippen LogP contribution is -2.45. The monoisotopic (exact) mass is 271 g/mol. The molecule has 104 valence electrons. The van der Waals surface area contributed by atoms with Gasteiger partial charge in [0, 0.05) is 6.04 Å². The van der Waals surface area contributed by atoms with Crippen molar-refractivity contribution in [1.29, 1.82) is 0 Å². The highest BCUT2D eigenvalue weighted by Gasteiger charge is 2.29. The zero-order valence-corrected chi connectivity index (χ0v) is 11.2. The molecule has 1 aliphatic carbocycles. The first-order valence-corrected chi connectivity index (χ1v) is 6.97. The highest BCUT2D eigenvalue weighted by molar-refractivity contribution is 5.32. The maximum atomic E-state index is 13.1. The van der Waals surface area contributed by atoms with E-state index in [9.17, 15) is 9.50 Å². The summed E-state index contributed by atoms with van der Waals surface area (Å²) in [5.74, 6) is -0.223. The summed E-state index contributed by atoms with van der Waals surface area (Å²) in [6.07, 6.45) is 1.38. The minimum absolute atomic E-state index is 0.0364. The van der Waals surface area contributed by atoms with E-state index in [-0.39, 0.29) is 18.0 Å². The topological polar surface area (TPSA) is 32.3 Å². The highest BCUT2D eigenvalue weighted by Crippen LogP contribution is 2.28. The molecule has 0 aliphatic heterocycles. The van der Waals surface area contributed by atoms with Crippen LogP contribution in [0.15, 0.2) is 54.6 Å². The Morgan fingerprint density at radius 3 is 2.15 bits per heavy atom. The highest BCUT2D eigenvalue weighted by atomic mass is 19.1. The summed E-state index contributed by atoms with van der Waals surface area (Å²) >= 11 is 0. The molecule has 0 bridgehead atoms. The summed E-state index contributed by atoms with van der Waals surface area (Å²) in [7, 11) is 0. The van der Waals surface area contributed by atoms with Gasteiger partial charge in [0.2, 0.25) is 0 Å². The van der Waals surface area contributed by atoms with Crippen molar-refractivity contribution < 1.29 is 9.50 Å². The molecule has 1 unspecified atom stereocenters. The molecule has 1 atom stereocenters. The van der Waals surface area contributed by atoms with E-state index < -0.39 is 0 Å². The quantitative estimate of drug-likeness (QED) is 0.896. The van der Waals surface area contributed by atoms with E-state index in [1.54, 1.807) is 0 Å². The fraction of sp³-hybridized carbons (Fsp3) is 0.294. The lowest BCUT2D eigenvalue weighted by atomic mass is 9.87. The van der Waals surface area contributed by atoms with Crippen molar-refractivity contribution in [2.75, 3.05) is 0 Å². The molecular weight excluding hydrogens is 253 g/mol. The largest absolute Gasteiger partial charge is 0.393 e. The molecule has 2 aromatic rings. The van der Waals surface area contributed by atoms with Gasteiger partial charge >= 0.3 is 0 Å². The molecule has 1 fully saturated rings. The van der Waals surface area contributed by atoms with Gasteiger partial charge in [0.15, 0.2) is 0 Å². The zero-order valence-electron chi connectivity index (χ0n) is 11.2. The van der Waals surface area contributed by atoms with Crippen LogP contribution in [0.1, 0.15) is 30.0 Å². The molecule has 0 aromatic heterocycles. The van der Waals surface area contributed by atoms with Gasteiger partial charge < -0.3 is 10.4 Å². The van der Waals surface area contributed by atoms with Gasteiger partial charge in [-0.1, -0.05) is 42.5 Å². The summed E-state index contributed by atoms with van der Waals surface area (Å²) in [5.41, 5.74) is 2.19. The predicted octanol–water partition coefficient (Wildman–Crippen LogP) is 3.03. The van der Waals surface area contributed by atoms with Crippen molar-refractivity contribution in [3.8, 4) is 0 Å². The van der Waals surface area contributed by atoms with Crippen molar-refractivity contribution in [3.63, 3.8) is 0 Å². The van der Waals surface area contributed by atoms with Crippen LogP contribution in [-0.2, 0) is 0 Å². The molecule has 1 saturated carbocycles. The molecule has 0 radical (unpaired) electrons. The second kappa shape index (κ2) is 5.73. The fourth-order valence-electron chi connectivity index (χ4n) is 2.65. The van der Waals surface area contributed by atoms with E-state index in [1.165, 1.54) is 12.1 Å². The molecule has 3 heteroatoms. The lowest BCUT2D eigenvalue weighted by Gasteiger charge is -2.36. The molecule has 0 heterocycles. The first-order chi connectivity index (χ1) is 9.72. The van der Waals surface area contributed by atoms with Gasteiger partial charge in [-0.05, 0) is 36.1 Å². The number of hydrogen-bond donors (Lipinski definition) is 2. The molecule has 3 rings (SSSR count). The van der Waals surface area contributed by atoms with Crippen molar-refractivity contribution in [2.45, 2.75) is 31.0 Å². The van der Waals surface area contributed by atoms with Gasteiger partial charge in [0.25, 0.3) is 0 Å². The first-order valence-electron chi connectivity index (χ1n) is 6.97. The third-order valence-corrected chi connectivity index (χ3v) is 3.85. The van der Waals surface area contributed by atoms with Crippen molar-refractivity contribution in [3.05, 3.63) is 71.5 Å². The molecule has 2 N–H and O–H groups in total. The normalized spacial score (nSPS) is 23.1. The van der Waals surface area contributed by atoms with Gasteiger partial charge in [-0.15, -0.1) is 0 Å². The van der Waals surface area contributed by atoms with Crippen LogP contribution >= 0.6 is 0 Å². The van der Waals surface area contributed by atoms with Crippen molar-refractivity contribution in [1.82, 2.24) is 5.32 Å². The molecule has 20 heavy (non-hydrogen) atoms. The molecule has 0 spiro atoms. The van der Waals surface area contributed by atoms with Crippen LogP contribution in [0.4, 0.5) is 4.39 Å². The number of rotatable bonds is 4. The zero-order chi connectivity index (χ0) is 13.9. The van der Waals surface area contributed by atoms with Gasteiger partial charge in [-0.25, -0.2) is 4.39 Å². The standard InChI is InChI=1S/C17H18FNO/c18-14-8-6-13(7-9-14)17(12-4-2-1-3-5-12)19-15-10-16(20)11-15/h1-9,15-17,19-20H,10-11H2. The van der Waals surface area contributed by atoms with Crippen LogP contribution in [0.5, 0.6) is 0 Å². The number of aliphatic hydroxyl groups excluding tert-OH is 1. The van der Waals surface area contributed by atoms with E-state index in [0.29, 0.717) is 6.04 Å². The Kier molecular flexibility index (Phi) is 3.81. The first kappa shape index (κ1) is 13.3. The summed E-state index contributed by atoms with van der Waals surface area (Å²) in [5, 5.41) is 13.0. The fourth-order valence-corrected chi connectivity index (χ4v) is 2.65. The smallest absolute Gasteiger partial charge is 0.123 e. The second-order valence-corrected chi connectivity index (χ2v) is 5.38. The SMILES string of the molecule is OC1CC(NC(c2ccccc2)c2ccc(F)cc2)C1. The average Bonchev–Trinajstić information content (AvgIpc) is 2.44. The maximum Gasteiger partial charge on any atom is 0.123 e. The Balaban J connectivity index is 1.85. The van der Waals surface area contributed by atoms with Gasteiger partial charge in [-0.3, -0.25) is 0 Å². The average molecular weight is 271 g/mol. The number of benzene rings is 2. The Morgan fingerprint density at radius 1 is 0.950 bits per heavy atom. The van der Waals surface area contributed by atoms with Crippen LogP contribution in [0.2, 0.25) is 0 Å². The minimum atomic E-state index is -0.223. The summed E-state index contributed by atoms with van der Waals surface area (Å²) in [6, 6.07) is 17.1. The molecule has 1 aliphatic rings. The van der Waals surface area contributed by atoms with E-state index >= 15 is 0 Å². The number of halogens is 1. The number of aliphatic hydroxyl groups is 1. The molecule has 2 aromatic carbocycles. The maximum absolute atomic E-state index is 13.1. The van der Waals surface area contributed by atoms with Crippen LogP contribution in [-0.4, -0.2) is 17.3 Å². The van der Waals surface area contributed by atoms with Crippen molar-refractivity contribution in [2.24, 2.45) is 0 Å². The number of nitrogens with one attached hydrogen (secondary N) is 1. The van der Waals surface area contributed by atoms with Crippen LogP contribution in [0.3, 0.4) is 0 Å².